The second kappa shape index (κ2) is 13.0. The monoisotopic (exact) mass is 648 g/mol. The lowest BCUT2D eigenvalue weighted by molar-refractivity contribution is -0.0104. The number of fused-ring (bicyclic) bond motifs is 2. The molecule has 2 atom stereocenters. The summed E-state index contributed by atoms with van der Waals surface area (Å²) in [5, 5.41) is 24.8. The maximum atomic E-state index is 13.9. The Bertz CT molecular complexity index is 1750. The number of hydrogen-bond donors (Lipinski definition) is 2. The average Bonchev–Trinajstić information content (AvgIpc) is 3.54. The van der Waals surface area contributed by atoms with Crippen LogP contribution < -0.4 is 10.2 Å². The summed E-state index contributed by atoms with van der Waals surface area (Å²) >= 11 is 0. The van der Waals surface area contributed by atoms with E-state index in [4.69, 9.17) is 19.6 Å². The maximum Gasteiger partial charge on any atom is 0.416 e. The lowest BCUT2D eigenvalue weighted by Crippen LogP contribution is -2.49. The molecule has 1 aliphatic heterocycles. The van der Waals surface area contributed by atoms with Crippen LogP contribution in [-0.2, 0) is 23.1 Å². The molecule has 0 spiro atoms. The molecule has 4 aromatic rings. The van der Waals surface area contributed by atoms with E-state index >= 15 is 0 Å². The number of carbonyl (C=O) groups is 2. The van der Waals surface area contributed by atoms with E-state index in [1.807, 2.05) is 72.9 Å². The molecule has 2 amide bonds. The number of para-hydroxylation sites is 1. The van der Waals surface area contributed by atoms with Crippen LogP contribution in [0.25, 0.3) is 16.6 Å². The van der Waals surface area contributed by atoms with Gasteiger partial charge in [-0.05, 0) is 59.9 Å². The van der Waals surface area contributed by atoms with Gasteiger partial charge in [-0.1, -0.05) is 32.0 Å². The summed E-state index contributed by atoms with van der Waals surface area (Å²) in [6.07, 6.45) is 0.647. The highest BCUT2D eigenvalue weighted by atomic mass is 16.6. The third-order valence-corrected chi connectivity index (χ3v) is 8.05. The van der Waals surface area contributed by atoms with Gasteiger partial charge in [0.1, 0.15) is 22.8 Å². The molecule has 13 nitrogen and oxygen atoms in total. The topological polar surface area (TPSA) is 139 Å². The molecule has 1 saturated heterocycles. The van der Waals surface area contributed by atoms with E-state index < -0.39 is 29.5 Å². The van der Waals surface area contributed by atoms with Crippen molar-refractivity contribution in [3.63, 3.8) is 0 Å². The third-order valence-electron chi connectivity index (χ3n) is 8.05. The second-order valence-corrected chi connectivity index (χ2v) is 14.6. The van der Waals surface area contributed by atoms with Crippen LogP contribution in [0, 0.1) is 5.92 Å². The fourth-order valence-electron chi connectivity index (χ4n) is 5.71. The Morgan fingerprint density at radius 1 is 1.11 bits per heavy atom. The van der Waals surface area contributed by atoms with Crippen LogP contribution in [0.5, 0.6) is 0 Å². The Morgan fingerprint density at radius 3 is 2.47 bits per heavy atom. The van der Waals surface area contributed by atoms with Crippen LogP contribution in [0.15, 0.2) is 36.5 Å². The van der Waals surface area contributed by atoms with Crippen LogP contribution in [0.4, 0.5) is 21.2 Å². The zero-order valence-electron chi connectivity index (χ0n) is 28.9. The minimum atomic E-state index is -0.746. The third kappa shape index (κ3) is 7.78. The van der Waals surface area contributed by atoms with Crippen molar-refractivity contribution in [1.82, 2.24) is 29.3 Å². The molecule has 3 aromatic heterocycles. The molecule has 0 bridgehead atoms. The van der Waals surface area contributed by atoms with Gasteiger partial charge in [-0.15, -0.1) is 0 Å². The first-order valence-corrected chi connectivity index (χ1v) is 16.2. The van der Waals surface area contributed by atoms with Gasteiger partial charge < -0.3 is 24.8 Å². The van der Waals surface area contributed by atoms with E-state index in [1.54, 1.807) is 31.3 Å². The summed E-state index contributed by atoms with van der Waals surface area (Å²) < 4.78 is 14.9. The van der Waals surface area contributed by atoms with Gasteiger partial charge in [-0.3, -0.25) is 9.58 Å². The second-order valence-electron chi connectivity index (χ2n) is 14.6. The Labute approximate surface area is 275 Å². The fraction of sp³-hybridized carbons (Fsp3) is 0.559. The molecule has 0 saturated carbocycles. The van der Waals surface area contributed by atoms with Gasteiger partial charge in [-0.25, -0.2) is 14.6 Å². The number of likely N-dealkylation sites (tertiary alicyclic amines) is 1. The highest BCUT2D eigenvalue weighted by Crippen LogP contribution is 2.30. The molecule has 2 N–H and O–H groups in total. The number of carbonyl (C=O) groups excluding carboxylic acids is 2. The van der Waals surface area contributed by atoms with E-state index in [9.17, 15) is 14.7 Å². The molecule has 1 aromatic carbocycles. The molecule has 0 aliphatic carbocycles. The number of hydrogen-bond acceptors (Lipinski definition) is 9. The van der Waals surface area contributed by atoms with Gasteiger partial charge in [0, 0.05) is 43.1 Å². The number of aromatic nitrogens is 5. The predicted octanol–water partition coefficient (Wildman–Crippen LogP) is 5.71. The molecular formula is C34H48N8O5. The van der Waals surface area contributed by atoms with Gasteiger partial charge in [0.25, 0.3) is 0 Å². The van der Waals surface area contributed by atoms with Crippen molar-refractivity contribution in [2.75, 3.05) is 29.9 Å². The SMILES string of the molecule is CC(C)c1cnn2c(N(Cc3nn(C)c4ccccc34)C(=O)OC(C)(C)C)cc(NC[C@H]3CCN(C(=O)OC(C)(C)C)C[C@@H]3O)nc12. The summed E-state index contributed by atoms with van der Waals surface area (Å²) in [6.45, 7) is 16.3. The maximum absolute atomic E-state index is 13.9. The number of aliphatic hydroxyl groups is 1. The standard InChI is InChI=1S/C34H48N8O5/c1-21(2)24-18-36-42-29(41(32(45)47-34(6,7)8)19-25-23-12-10-11-13-26(23)39(9)38-25)16-28(37-30(24)42)35-17-22-14-15-40(20-27(22)43)31(44)46-33(3,4)5/h10-13,16,18,21-22,27,43H,14-15,17,19-20H2,1-9H3,(H,35,37)/t22-,27+/m1/s1. The lowest BCUT2D eigenvalue weighted by atomic mass is 9.94. The average molecular weight is 649 g/mol. The highest BCUT2D eigenvalue weighted by molar-refractivity contribution is 5.89. The number of β-amino-alcohol motifs (C(OH)–C–C–N with tert-alkyl or cyclic N) is 1. The van der Waals surface area contributed by atoms with Crippen molar-refractivity contribution in [3.05, 3.63) is 47.8 Å². The van der Waals surface area contributed by atoms with E-state index in [2.05, 4.69) is 24.3 Å². The first kappa shape index (κ1) is 34.0. The van der Waals surface area contributed by atoms with Crippen molar-refractivity contribution in [3.8, 4) is 0 Å². The molecule has 1 aliphatic rings. The molecule has 1 fully saturated rings. The van der Waals surface area contributed by atoms with E-state index in [0.29, 0.717) is 42.5 Å². The first-order valence-electron chi connectivity index (χ1n) is 16.2. The molecule has 0 radical (unpaired) electrons. The van der Waals surface area contributed by atoms with Crippen LogP contribution in [0.1, 0.15) is 79.0 Å². The predicted molar refractivity (Wildman–Crippen MR) is 181 cm³/mol. The van der Waals surface area contributed by atoms with Gasteiger partial charge in [0.05, 0.1) is 36.6 Å². The van der Waals surface area contributed by atoms with Crippen LogP contribution >= 0.6 is 0 Å². The number of nitrogens with zero attached hydrogens (tertiary/aromatic N) is 7. The zero-order chi connectivity index (χ0) is 34.3. The van der Waals surface area contributed by atoms with Crippen molar-refractivity contribution < 1.29 is 24.2 Å². The molecular weight excluding hydrogens is 600 g/mol. The van der Waals surface area contributed by atoms with E-state index in [0.717, 1.165) is 16.5 Å². The summed E-state index contributed by atoms with van der Waals surface area (Å²) in [4.78, 5) is 34.5. The fourth-order valence-corrected chi connectivity index (χ4v) is 5.71. The summed E-state index contributed by atoms with van der Waals surface area (Å²) in [5.41, 5.74) is 1.84. The number of anilines is 2. The Hall–Kier alpha value is -4.39. The molecule has 13 heteroatoms. The molecule has 5 rings (SSSR count). The number of piperidine rings is 1. The minimum Gasteiger partial charge on any atom is -0.444 e. The number of benzene rings is 1. The van der Waals surface area contributed by atoms with Crippen molar-refractivity contribution in [1.29, 1.82) is 0 Å². The van der Waals surface area contributed by atoms with Gasteiger partial charge >= 0.3 is 12.2 Å². The minimum absolute atomic E-state index is 0.122. The molecule has 47 heavy (non-hydrogen) atoms. The highest BCUT2D eigenvalue weighted by Gasteiger charge is 2.33. The summed E-state index contributed by atoms with van der Waals surface area (Å²) in [5.74, 6) is 0.980. The van der Waals surface area contributed by atoms with Crippen molar-refractivity contribution >= 4 is 40.4 Å². The Balaban J connectivity index is 1.47. The number of nitrogens with one attached hydrogen (secondary N) is 1. The smallest absolute Gasteiger partial charge is 0.416 e. The molecule has 254 valence electrons. The van der Waals surface area contributed by atoms with Crippen LogP contribution in [0.2, 0.25) is 0 Å². The van der Waals surface area contributed by atoms with Crippen molar-refractivity contribution in [2.24, 2.45) is 13.0 Å². The Kier molecular flexibility index (Phi) is 9.40. The van der Waals surface area contributed by atoms with Crippen LogP contribution in [-0.4, -0.2) is 83.5 Å². The lowest BCUT2D eigenvalue weighted by Gasteiger charge is -2.36. The normalized spacial score (nSPS) is 17.4. The summed E-state index contributed by atoms with van der Waals surface area (Å²) in [7, 11) is 1.88. The Morgan fingerprint density at radius 2 is 1.81 bits per heavy atom. The van der Waals surface area contributed by atoms with Gasteiger partial charge in [-0.2, -0.15) is 14.7 Å². The molecule has 4 heterocycles. The number of amides is 2. The summed E-state index contributed by atoms with van der Waals surface area (Å²) in [6, 6.07) is 9.67. The quantitative estimate of drug-likeness (QED) is 0.258. The zero-order valence-corrected chi connectivity index (χ0v) is 28.9. The number of aliphatic hydroxyl groups excluding tert-OH is 1. The van der Waals surface area contributed by atoms with Gasteiger partial charge in [0.2, 0.25) is 0 Å². The number of ether oxygens (including phenoxy) is 2. The van der Waals surface area contributed by atoms with E-state index in [-0.39, 0.29) is 24.9 Å². The largest absolute Gasteiger partial charge is 0.444 e. The van der Waals surface area contributed by atoms with Crippen molar-refractivity contribution in [2.45, 2.75) is 91.6 Å². The molecule has 0 unspecified atom stereocenters. The van der Waals surface area contributed by atoms with Crippen LogP contribution in [0.3, 0.4) is 0 Å². The number of aryl methyl sites for hydroxylation is 1. The number of rotatable bonds is 7. The first-order chi connectivity index (χ1) is 22.0. The van der Waals surface area contributed by atoms with Gasteiger partial charge in [0.15, 0.2) is 5.65 Å². The van der Waals surface area contributed by atoms with E-state index in [1.165, 1.54) is 0 Å².